The van der Waals surface area contributed by atoms with Crippen LogP contribution in [0.3, 0.4) is 0 Å². The zero-order chi connectivity index (χ0) is 19.2. The van der Waals surface area contributed by atoms with E-state index in [2.05, 4.69) is 5.32 Å². The zero-order valence-electron chi connectivity index (χ0n) is 16.8. The molecule has 0 heterocycles. The van der Waals surface area contributed by atoms with E-state index in [4.69, 9.17) is 14.2 Å². The first-order chi connectivity index (χ1) is 11.5. The van der Waals surface area contributed by atoms with Crippen LogP contribution in [0.15, 0.2) is 0 Å². The molecule has 6 nitrogen and oxygen atoms in total. The molecule has 1 unspecified atom stereocenters. The predicted octanol–water partition coefficient (Wildman–Crippen LogP) is 3.67. The SMILES string of the molecule is CC(C)C(OC(=O)[C@H](C)NC(=O)OC(C)(C)C)[C@H](C)OCCC1CC1. The predicted molar refractivity (Wildman–Crippen MR) is 96.3 cm³/mol. The minimum Gasteiger partial charge on any atom is -0.458 e. The first-order valence-corrected chi connectivity index (χ1v) is 9.31. The van der Waals surface area contributed by atoms with Gasteiger partial charge in [0.15, 0.2) is 0 Å². The third kappa shape index (κ3) is 9.10. The van der Waals surface area contributed by atoms with Gasteiger partial charge >= 0.3 is 12.1 Å². The highest BCUT2D eigenvalue weighted by molar-refractivity contribution is 5.81. The Morgan fingerprint density at radius 3 is 2.20 bits per heavy atom. The molecule has 146 valence electrons. The number of hydrogen-bond acceptors (Lipinski definition) is 5. The van der Waals surface area contributed by atoms with E-state index in [-0.39, 0.29) is 18.1 Å². The van der Waals surface area contributed by atoms with Crippen molar-refractivity contribution in [2.45, 2.75) is 91.6 Å². The van der Waals surface area contributed by atoms with Crippen LogP contribution < -0.4 is 5.32 Å². The van der Waals surface area contributed by atoms with Crippen molar-refractivity contribution >= 4 is 12.1 Å². The van der Waals surface area contributed by atoms with Crippen LogP contribution in [0.1, 0.15) is 67.7 Å². The Hall–Kier alpha value is -1.30. The van der Waals surface area contributed by atoms with Gasteiger partial charge in [0, 0.05) is 6.61 Å². The standard InChI is InChI=1S/C19H35NO5/c1-12(2)16(14(4)23-11-10-15-8-9-15)24-17(21)13(3)20-18(22)25-19(5,6)7/h12-16H,8-11H2,1-7H3,(H,20,22)/t13-,14-,16?/m0/s1. The van der Waals surface area contributed by atoms with Crippen LogP contribution in [0.4, 0.5) is 4.79 Å². The van der Waals surface area contributed by atoms with Gasteiger partial charge in [0.25, 0.3) is 0 Å². The third-order valence-electron chi connectivity index (χ3n) is 4.06. The molecule has 0 radical (unpaired) electrons. The molecule has 1 N–H and O–H groups in total. The van der Waals surface area contributed by atoms with Crippen LogP contribution in [0, 0.1) is 11.8 Å². The van der Waals surface area contributed by atoms with E-state index >= 15 is 0 Å². The number of carbonyl (C=O) groups excluding carboxylic acids is 2. The molecule has 1 fully saturated rings. The number of hydrogen-bond donors (Lipinski definition) is 1. The summed E-state index contributed by atoms with van der Waals surface area (Å²) in [6, 6.07) is -0.783. The molecule has 25 heavy (non-hydrogen) atoms. The molecule has 1 aliphatic carbocycles. The Balaban J connectivity index is 2.45. The molecule has 0 saturated heterocycles. The van der Waals surface area contributed by atoms with Gasteiger partial charge in [-0.1, -0.05) is 26.7 Å². The molecule has 0 bridgehead atoms. The smallest absolute Gasteiger partial charge is 0.408 e. The molecule has 1 aliphatic rings. The highest BCUT2D eigenvalue weighted by Crippen LogP contribution is 2.32. The van der Waals surface area contributed by atoms with Gasteiger partial charge < -0.3 is 19.5 Å². The molecule has 1 amide bonds. The molecular weight excluding hydrogens is 322 g/mol. The average Bonchev–Trinajstić information content (AvgIpc) is 3.25. The Bertz CT molecular complexity index is 440. The fraction of sp³-hybridized carbons (Fsp3) is 0.895. The summed E-state index contributed by atoms with van der Waals surface area (Å²) in [6.07, 6.45) is 2.50. The summed E-state index contributed by atoms with van der Waals surface area (Å²) >= 11 is 0. The van der Waals surface area contributed by atoms with Crippen molar-refractivity contribution in [1.29, 1.82) is 0 Å². The van der Waals surface area contributed by atoms with Crippen molar-refractivity contribution in [3.63, 3.8) is 0 Å². The number of amides is 1. The van der Waals surface area contributed by atoms with Gasteiger partial charge in [-0.15, -0.1) is 0 Å². The summed E-state index contributed by atoms with van der Waals surface area (Å²) < 4.78 is 16.6. The maximum absolute atomic E-state index is 12.3. The lowest BCUT2D eigenvalue weighted by atomic mass is 10.0. The monoisotopic (exact) mass is 357 g/mol. The fourth-order valence-electron chi connectivity index (χ4n) is 2.48. The Morgan fingerprint density at radius 1 is 1.12 bits per heavy atom. The van der Waals surface area contributed by atoms with Crippen LogP contribution >= 0.6 is 0 Å². The minimum absolute atomic E-state index is 0.119. The van der Waals surface area contributed by atoms with Crippen LogP contribution in [-0.4, -0.2) is 42.5 Å². The van der Waals surface area contributed by atoms with Gasteiger partial charge in [-0.2, -0.15) is 0 Å². The van der Waals surface area contributed by atoms with Crippen molar-refractivity contribution in [1.82, 2.24) is 5.32 Å². The Morgan fingerprint density at radius 2 is 1.72 bits per heavy atom. The normalized spacial score (nSPS) is 18.4. The Labute approximate surface area is 152 Å². The zero-order valence-corrected chi connectivity index (χ0v) is 16.8. The molecule has 0 spiro atoms. The quantitative estimate of drug-likeness (QED) is 0.637. The molecule has 1 saturated carbocycles. The molecular formula is C19H35NO5. The van der Waals surface area contributed by atoms with Gasteiger partial charge in [-0.05, 0) is 52.9 Å². The second-order valence-corrected chi connectivity index (χ2v) is 8.32. The van der Waals surface area contributed by atoms with Gasteiger partial charge in [0.1, 0.15) is 17.7 Å². The number of carbonyl (C=O) groups is 2. The van der Waals surface area contributed by atoms with E-state index in [9.17, 15) is 9.59 Å². The number of rotatable bonds is 9. The number of esters is 1. The summed E-state index contributed by atoms with van der Waals surface area (Å²) in [5, 5.41) is 2.51. The number of alkyl carbamates (subject to hydrolysis) is 1. The summed E-state index contributed by atoms with van der Waals surface area (Å²) in [7, 11) is 0. The second-order valence-electron chi connectivity index (χ2n) is 8.32. The first-order valence-electron chi connectivity index (χ1n) is 9.31. The summed E-state index contributed by atoms with van der Waals surface area (Å²) in [6.45, 7) is 13.5. The fourth-order valence-corrected chi connectivity index (χ4v) is 2.48. The lowest BCUT2D eigenvalue weighted by molar-refractivity contribution is -0.163. The van der Waals surface area contributed by atoms with Crippen molar-refractivity contribution < 1.29 is 23.8 Å². The van der Waals surface area contributed by atoms with E-state index in [1.807, 2.05) is 20.8 Å². The molecule has 0 aromatic rings. The Kier molecular flexibility index (Phi) is 8.19. The largest absolute Gasteiger partial charge is 0.458 e. The van der Waals surface area contributed by atoms with Crippen LogP contribution in [0.5, 0.6) is 0 Å². The molecule has 6 heteroatoms. The maximum Gasteiger partial charge on any atom is 0.408 e. The lowest BCUT2D eigenvalue weighted by Crippen LogP contribution is -2.45. The van der Waals surface area contributed by atoms with Crippen molar-refractivity contribution in [3.05, 3.63) is 0 Å². The maximum atomic E-state index is 12.3. The van der Waals surface area contributed by atoms with Gasteiger partial charge in [-0.25, -0.2) is 9.59 Å². The van der Waals surface area contributed by atoms with Crippen LogP contribution in [-0.2, 0) is 19.0 Å². The van der Waals surface area contributed by atoms with Gasteiger partial charge in [0.05, 0.1) is 6.10 Å². The highest BCUT2D eigenvalue weighted by atomic mass is 16.6. The third-order valence-corrected chi connectivity index (χ3v) is 4.06. The van der Waals surface area contributed by atoms with Gasteiger partial charge in [0.2, 0.25) is 0 Å². The lowest BCUT2D eigenvalue weighted by Gasteiger charge is -2.29. The minimum atomic E-state index is -0.783. The molecule has 0 aromatic carbocycles. The highest BCUT2D eigenvalue weighted by Gasteiger charge is 2.30. The summed E-state index contributed by atoms with van der Waals surface area (Å²) in [4.78, 5) is 24.1. The van der Waals surface area contributed by atoms with E-state index in [0.717, 1.165) is 12.3 Å². The van der Waals surface area contributed by atoms with Gasteiger partial charge in [-0.3, -0.25) is 0 Å². The van der Waals surface area contributed by atoms with E-state index in [1.165, 1.54) is 12.8 Å². The van der Waals surface area contributed by atoms with E-state index < -0.39 is 23.7 Å². The summed E-state index contributed by atoms with van der Waals surface area (Å²) in [5.74, 6) is 0.445. The van der Waals surface area contributed by atoms with E-state index in [1.54, 1.807) is 27.7 Å². The number of nitrogens with one attached hydrogen (secondary N) is 1. The van der Waals surface area contributed by atoms with Crippen LogP contribution in [0.25, 0.3) is 0 Å². The summed E-state index contributed by atoms with van der Waals surface area (Å²) in [5.41, 5.74) is -0.613. The second kappa shape index (κ2) is 9.41. The number of ether oxygens (including phenoxy) is 3. The molecule has 0 aliphatic heterocycles. The topological polar surface area (TPSA) is 73.9 Å². The van der Waals surface area contributed by atoms with Crippen molar-refractivity contribution in [2.24, 2.45) is 11.8 Å². The average molecular weight is 357 g/mol. The molecule has 3 atom stereocenters. The van der Waals surface area contributed by atoms with Crippen molar-refractivity contribution in [3.8, 4) is 0 Å². The molecule has 0 aromatic heterocycles. The van der Waals surface area contributed by atoms with E-state index in [0.29, 0.717) is 6.61 Å². The van der Waals surface area contributed by atoms with Crippen molar-refractivity contribution in [2.75, 3.05) is 6.61 Å². The molecule has 1 rings (SSSR count). The first kappa shape index (κ1) is 21.7. The van der Waals surface area contributed by atoms with Crippen LogP contribution in [0.2, 0.25) is 0 Å².